The summed E-state index contributed by atoms with van der Waals surface area (Å²) in [7, 11) is 0. The lowest BCUT2D eigenvalue weighted by molar-refractivity contribution is -0.143. The van der Waals surface area contributed by atoms with Gasteiger partial charge in [-0.2, -0.15) is 0 Å². The third-order valence-corrected chi connectivity index (χ3v) is 3.61. The van der Waals surface area contributed by atoms with Crippen LogP contribution in [0.1, 0.15) is 39.4 Å². The molecule has 2 aromatic rings. The average molecular weight is 360 g/mol. The zero-order valence-electron chi connectivity index (χ0n) is 15.4. The van der Waals surface area contributed by atoms with Gasteiger partial charge in [0, 0.05) is 17.9 Å². The minimum absolute atomic E-state index is 0.227. The number of para-hydroxylation sites is 1. The first-order valence-electron chi connectivity index (χ1n) is 8.71. The smallest absolute Gasteiger partial charge is 0.331 e. The van der Waals surface area contributed by atoms with E-state index in [1.807, 2.05) is 24.3 Å². The first-order valence-corrected chi connectivity index (χ1v) is 8.71. The topological polar surface area (TPSA) is 75.0 Å². The maximum Gasteiger partial charge on any atom is 0.331 e. The van der Waals surface area contributed by atoms with Gasteiger partial charge in [-0.3, -0.25) is 4.79 Å². The van der Waals surface area contributed by atoms with Crippen LogP contribution in [0.15, 0.2) is 34.8 Å². The number of benzene rings is 1. The molecule has 6 heteroatoms. The van der Waals surface area contributed by atoms with Gasteiger partial charge in [0.2, 0.25) is 0 Å². The third kappa shape index (κ3) is 5.37. The number of esters is 2. The van der Waals surface area contributed by atoms with Crippen LogP contribution in [0.4, 0.5) is 0 Å². The van der Waals surface area contributed by atoms with Gasteiger partial charge in [0.05, 0.1) is 19.8 Å². The Morgan fingerprint density at radius 1 is 1.15 bits per heavy atom. The minimum atomic E-state index is -0.402. The highest BCUT2D eigenvalue weighted by Gasteiger charge is 2.12. The van der Waals surface area contributed by atoms with Crippen LogP contribution in [-0.2, 0) is 19.1 Å². The summed E-state index contributed by atoms with van der Waals surface area (Å²) in [5.74, 6) is 0.549. The Labute approximate surface area is 152 Å². The van der Waals surface area contributed by atoms with Crippen LogP contribution in [-0.4, -0.2) is 31.8 Å². The summed E-state index contributed by atoms with van der Waals surface area (Å²) in [6.45, 7) is 6.41. The largest absolute Gasteiger partial charge is 0.490 e. The molecule has 6 nitrogen and oxygen atoms in total. The molecule has 0 amide bonds. The molecular weight excluding hydrogens is 336 g/mol. The van der Waals surface area contributed by atoms with E-state index in [9.17, 15) is 9.59 Å². The monoisotopic (exact) mass is 360 g/mol. The Balaban J connectivity index is 2.06. The predicted octanol–water partition coefficient (Wildman–Crippen LogP) is 4.12. The zero-order chi connectivity index (χ0) is 18.9. The molecule has 0 aliphatic carbocycles. The Kier molecular flexibility index (Phi) is 7.26. The van der Waals surface area contributed by atoms with E-state index < -0.39 is 5.97 Å². The summed E-state index contributed by atoms with van der Waals surface area (Å²) < 4.78 is 21.4. The van der Waals surface area contributed by atoms with Crippen molar-refractivity contribution in [3.05, 3.63) is 36.1 Å². The number of fused-ring (bicyclic) bond motifs is 1. The Hall–Kier alpha value is -2.76. The van der Waals surface area contributed by atoms with Crippen molar-refractivity contribution < 1.29 is 28.2 Å². The van der Waals surface area contributed by atoms with E-state index in [0.29, 0.717) is 55.3 Å². The van der Waals surface area contributed by atoms with Gasteiger partial charge < -0.3 is 18.6 Å². The van der Waals surface area contributed by atoms with E-state index in [-0.39, 0.29) is 5.97 Å². The molecule has 0 radical (unpaired) electrons. The van der Waals surface area contributed by atoms with Crippen LogP contribution in [0.2, 0.25) is 0 Å². The molecular formula is C20H24O6. The zero-order valence-corrected chi connectivity index (χ0v) is 15.4. The molecule has 0 spiro atoms. The van der Waals surface area contributed by atoms with Gasteiger partial charge in [-0.05, 0) is 44.9 Å². The molecule has 1 aromatic heterocycles. The Morgan fingerprint density at radius 2 is 1.92 bits per heavy atom. The molecule has 0 N–H and O–H groups in total. The van der Waals surface area contributed by atoms with Crippen molar-refractivity contribution >= 4 is 28.5 Å². The van der Waals surface area contributed by atoms with Crippen LogP contribution in [0.25, 0.3) is 16.5 Å². The Bertz CT molecular complexity index is 787. The van der Waals surface area contributed by atoms with E-state index in [1.54, 1.807) is 20.8 Å². The highest BCUT2D eigenvalue weighted by molar-refractivity contribution is 5.92. The van der Waals surface area contributed by atoms with Crippen LogP contribution in [0.5, 0.6) is 5.75 Å². The van der Waals surface area contributed by atoms with Crippen molar-refractivity contribution in [3.63, 3.8) is 0 Å². The van der Waals surface area contributed by atoms with Crippen LogP contribution in [0, 0.1) is 0 Å². The lowest BCUT2D eigenvalue weighted by Crippen LogP contribution is -2.06. The number of ether oxygens (including phenoxy) is 3. The number of rotatable bonds is 9. The van der Waals surface area contributed by atoms with Crippen molar-refractivity contribution in [2.24, 2.45) is 0 Å². The fourth-order valence-electron chi connectivity index (χ4n) is 2.41. The van der Waals surface area contributed by atoms with Gasteiger partial charge in [0.1, 0.15) is 5.76 Å². The molecule has 0 bridgehead atoms. The fraction of sp³-hybridized carbons (Fsp3) is 0.400. The summed E-state index contributed by atoms with van der Waals surface area (Å²) in [5.41, 5.74) is 1.28. The van der Waals surface area contributed by atoms with Crippen molar-refractivity contribution in [1.82, 2.24) is 0 Å². The summed E-state index contributed by atoms with van der Waals surface area (Å²) in [6, 6.07) is 7.44. The predicted molar refractivity (Wildman–Crippen MR) is 97.9 cm³/mol. The van der Waals surface area contributed by atoms with E-state index in [1.165, 1.54) is 6.08 Å². The quantitative estimate of drug-likeness (QED) is 0.380. The molecule has 2 rings (SSSR count). The lowest BCUT2D eigenvalue weighted by Gasteiger charge is -2.06. The molecule has 0 saturated heterocycles. The molecule has 26 heavy (non-hydrogen) atoms. The van der Waals surface area contributed by atoms with Gasteiger partial charge in [0.15, 0.2) is 11.3 Å². The molecule has 140 valence electrons. The molecule has 1 aromatic carbocycles. The fourth-order valence-corrected chi connectivity index (χ4v) is 2.41. The normalized spacial score (nSPS) is 11.4. The van der Waals surface area contributed by atoms with E-state index >= 15 is 0 Å². The van der Waals surface area contributed by atoms with Crippen molar-refractivity contribution in [3.8, 4) is 5.75 Å². The molecule has 0 unspecified atom stereocenters. The lowest BCUT2D eigenvalue weighted by atomic mass is 10.2. The van der Waals surface area contributed by atoms with Gasteiger partial charge >= 0.3 is 11.9 Å². The van der Waals surface area contributed by atoms with Gasteiger partial charge in [-0.25, -0.2) is 4.79 Å². The maximum atomic E-state index is 11.6. The van der Waals surface area contributed by atoms with E-state index in [2.05, 4.69) is 0 Å². The number of allylic oxidation sites excluding steroid dienone is 1. The first kappa shape index (κ1) is 19.6. The summed E-state index contributed by atoms with van der Waals surface area (Å²) in [5, 5.41) is 0.875. The van der Waals surface area contributed by atoms with Crippen molar-refractivity contribution in [2.75, 3.05) is 19.8 Å². The standard InChI is InChI=1S/C20H24O6/c1-4-23-18(21)10-7-11-25-16-9-6-8-15-13-17(26-20(15)16)14(3)12-19(22)24-5-2/h6,8-9,12-13H,4-5,7,10-11H2,1-3H3/b14-12+. The molecule has 0 fully saturated rings. The minimum Gasteiger partial charge on any atom is -0.490 e. The highest BCUT2D eigenvalue weighted by atomic mass is 16.5. The van der Waals surface area contributed by atoms with Gasteiger partial charge in [0.25, 0.3) is 0 Å². The van der Waals surface area contributed by atoms with Crippen molar-refractivity contribution in [2.45, 2.75) is 33.6 Å². The van der Waals surface area contributed by atoms with Crippen LogP contribution < -0.4 is 4.74 Å². The number of carbonyl (C=O) groups is 2. The number of furan rings is 1. The van der Waals surface area contributed by atoms with Gasteiger partial charge in [-0.1, -0.05) is 12.1 Å². The number of hydrogen-bond acceptors (Lipinski definition) is 6. The summed E-state index contributed by atoms with van der Waals surface area (Å²) in [6.07, 6.45) is 2.28. The SMILES string of the molecule is CCOC(=O)/C=C(\C)c1cc2cccc(OCCCC(=O)OCC)c2o1. The summed E-state index contributed by atoms with van der Waals surface area (Å²) in [4.78, 5) is 22.9. The Morgan fingerprint density at radius 3 is 2.65 bits per heavy atom. The first-order chi connectivity index (χ1) is 12.5. The summed E-state index contributed by atoms with van der Waals surface area (Å²) >= 11 is 0. The molecule has 0 aliphatic rings. The highest BCUT2D eigenvalue weighted by Crippen LogP contribution is 2.31. The van der Waals surface area contributed by atoms with Crippen LogP contribution in [0.3, 0.4) is 0 Å². The average Bonchev–Trinajstić information content (AvgIpc) is 3.04. The molecule has 1 heterocycles. The number of hydrogen-bond donors (Lipinski definition) is 0. The van der Waals surface area contributed by atoms with E-state index in [4.69, 9.17) is 18.6 Å². The van der Waals surface area contributed by atoms with Crippen molar-refractivity contribution in [1.29, 1.82) is 0 Å². The third-order valence-electron chi connectivity index (χ3n) is 3.61. The molecule has 0 saturated carbocycles. The molecule has 0 aliphatic heterocycles. The maximum absolute atomic E-state index is 11.6. The number of carbonyl (C=O) groups excluding carboxylic acids is 2. The molecule has 0 atom stereocenters. The van der Waals surface area contributed by atoms with E-state index in [0.717, 1.165) is 5.39 Å². The second-order valence-corrected chi connectivity index (χ2v) is 5.62. The second kappa shape index (κ2) is 9.65. The van der Waals surface area contributed by atoms with Gasteiger partial charge in [-0.15, -0.1) is 0 Å². The van der Waals surface area contributed by atoms with Crippen LogP contribution >= 0.6 is 0 Å². The second-order valence-electron chi connectivity index (χ2n) is 5.62.